The van der Waals surface area contributed by atoms with Crippen LogP contribution < -0.4 is 10.2 Å². The Bertz CT molecular complexity index is 782. The zero-order valence-corrected chi connectivity index (χ0v) is 15.1. The third kappa shape index (κ3) is 4.04. The van der Waals surface area contributed by atoms with Gasteiger partial charge >= 0.3 is 0 Å². The molecule has 1 atom stereocenters. The molecule has 0 spiro atoms. The summed E-state index contributed by atoms with van der Waals surface area (Å²) in [6, 6.07) is 14.7. The summed E-state index contributed by atoms with van der Waals surface area (Å²) < 4.78 is 0. The van der Waals surface area contributed by atoms with Crippen LogP contribution in [0.15, 0.2) is 48.5 Å². The highest BCUT2D eigenvalue weighted by molar-refractivity contribution is 6.00. The molecule has 1 heterocycles. The molecule has 2 aromatic rings. The second-order valence-electron chi connectivity index (χ2n) is 7.04. The topological polar surface area (TPSA) is 69.6 Å². The molecule has 1 aliphatic heterocycles. The lowest BCUT2D eigenvalue weighted by Crippen LogP contribution is -2.32. The lowest BCUT2D eigenvalue weighted by molar-refractivity contribution is -0.126. The molecule has 2 aromatic carbocycles. The van der Waals surface area contributed by atoms with E-state index in [1.54, 1.807) is 17.0 Å². The van der Waals surface area contributed by atoms with Crippen LogP contribution in [0.4, 0.5) is 5.69 Å². The van der Waals surface area contributed by atoms with Crippen LogP contribution in [0.1, 0.15) is 37.3 Å². The van der Waals surface area contributed by atoms with E-state index in [2.05, 4.69) is 31.3 Å². The van der Waals surface area contributed by atoms with E-state index in [9.17, 15) is 14.7 Å². The summed E-state index contributed by atoms with van der Waals surface area (Å²) in [6.45, 7) is 5.12. The van der Waals surface area contributed by atoms with Gasteiger partial charge in [0.25, 0.3) is 0 Å². The number of phenols is 1. The van der Waals surface area contributed by atoms with Crippen molar-refractivity contribution >= 4 is 17.5 Å². The van der Waals surface area contributed by atoms with Gasteiger partial charge in [-0.15, -0.1) is 0 Å². The molecule has 1 saturated heterocycles. The molecule has 0 saturated carbocycles. The minimum absolute atomic E-state index is 0.0721. The number of hydrogen-bond donors (Lipinski definition) is 2. The first-order valence-electron chi connectivity index (χ1n) is 8.90. The van der Waals surface area contributed by atoms with Gasteiger partial charge < -0.3 is 15.3 Å². The molecule has 5 heteroatoms. The quantitative estimate of drug-likeness (QED) is 0.868. The van der Waals surface area contributed by atoms with Crippen molar-refractivity contribution < 1.29 is 14.7 Å². The summed E-state index contributed by atoms with van der Waals surface area (Å²) in [4.78, 5) is 26.3. The first-order valence-corrected chi connectivity index (χ1v) is 8.90. The number of nitrogens with zero attached hydrogens (tertiary/aromatic N) is 1. The number of nitrogens with one attached hydrogen (secondary N) is 1. The minimum atomic E-state index is -0.355. The summed E-state index contributed by atoms with van der Waals surface area (Å²) >= 11 is 0. The fraction of sp³-hybridized carbons (Fsp3) is 0.333. The van der Waals surface area contributed by atoms with Crippen molar-refractivity contribution in [1.82, 2.24) is 5.32 Å². The predicted octanol–water partition coefficient (Wildman–Crippen LogP) is 3.18. The Morgan fingerprint density at radius 2 is 1.81 bits per heavy atom. The Hall–Kier alpha value is -2.82. The summed E-state index contributed by atoms with van der Waals surface area (Å²) in [6.07, 6.45) is 0.207. The van der Waals surface area contributed by atoms with Crippen molar-refractivity contribution in [3.63, 3.8) is 0 Å². The van der Waals surface area contributed by atoms with Gasteiger partial charge in [-0.25, -0.2) is 0 Å². The van der Waals surface area contributed by atoms with E-state index in [1.165, 1.54) is 17.7 Å². The average molecular weight is 352 g/mol. The molecule has 136 valence electrons. The second-order valence-corrected chi connectivity index (χ2v) is 7.04. The number of carbonyl (C=O) groups excluding carboxylic acids is 2. The van der Waals surface area contributed by atoms with E-state index in [1.807, 2.05) is 12.1 Å². The maximum absolute atomic E-state index is 12.4. The Morgan fingerprint density at radius 1 is 1.15 bits per heavy atom. The van der Waals surface area contributed by atoms with Crippen LogP contribution in [-0.2, 0) is 16.1 Å². The van der Waals surface area contributed by atoms with E-state index in [-0.39, 0.29) is 29.9 Å². The Kier molecular flexibility index (Phi) is 5.26. The lowest BCUT2D eigenvalue weighted by atomic mass is 10.0. The summed E-state index contributed by atoms with van der Waals surface area (Å²) in [7, 11) is 0. The standard InChI is InChI=1S/C21H24N2O3/c1-14(2)16-5-3-15(4-6-16)12-22-21(26)17-11-20(25)23(13-17)18-7-9-19(24)10-8-18/h3-10,14,17,24H,11-13H2,1-2H3,(H,22,26)/t17-/m0/s1. The zero-order valence-electron chi connectivity index (χ0n) is 15.1. The van der Waals surface area contributed by atoms with Gasteiger partial charge in [0.1, 0.15) is 5.75 Å². The zero-order chi connectivity index (χ0) is 18.7. The average Bonchev–Trinajstić information content (AvgIpc) is 3.02. The van der Waals surface area contributed by atoms with Crippen LogP contribution in [0, 0.1) is 5.92 Å². The van der Waals surface area contributed by atoms with Crippen LogP contribution in [0.5, 0.6) is 5.75 Å². The predicted molar refractivity (Wildman–Crippen MR) is 101 cm³/mol. The normalized spacial score (nSPS) is 17.0. The van der Waals surface area contributed by atoms with Gasteiger partial charge in [0.05, 0.1) is 5.92 Å². The van der Waals surface area contributed by atoms with Crippen LogP contribution in [-0.4, -0.2) is 23.5 Å². The summed E-state index contributed by atoms with van der Waals surface area (Å²) in [5.74, 6) is 0.100. The number of carbonyl (C=O) groups is 2. The lowest BCUT2D eigenvalue weighted by Gasteiger charge is -2.16. The SMILES string of the molecule is CC(C)c1ccc(CNC(=O)[C@H]2CC(=O)N(c3ccc(O)cc3)C2)cc1. The molecule has 0 aromatic heterocycles. The van der Waals surface area contributed by atoms with Crippen molar-refractivity contribution in [2.24, 2.45) is 5.92 Å². The molecule has 2 amide bonds. The third-order valence-corrected chi connectivity index (χ3v) is 4.77. The monoisotopic (exact) mass is 352 g/mol. The van der Waals surface area contributed by atoms with Gasteiger partial charge in [-0.1, -0.05) is 38.1 Å². The molecule has 5 nitrogen and oxygen atoms in total. The molecule has 3 rings (SSSR count). The summed E-state index contributed by atoms with van der Waals surface area (Å²) in [5.41, 5.74) is 3.01. The number of phenolic OH excluding ortho intramolecular Hbond substituents is 1. The molecule has 0 radical (unpaired) electrons. The van der Waals surface area contributed by atoms with Crippen LogP contribution in [0.25, 0.3) is 0 Å². The Morgan fingerprint density at radius 3 is 2.42 bits per heavy atom. The number of rotatable bonds is 5. The van der Waals surface area contributed by atoms with Crippen molar-refractivity contribution in [2.45, 2.75) is 32.7 Å². The minimum Gasteiger partial charge on any atom is -0.508 e. The van der Waals surface area contributed by atoms with E-state index in [0.29, 0.717) is 24.7 Å². The van der Waals surface area contributed by atoms with E-state index >= 15 is 0 Å². The molecular formula is C21H24N2O3. The maximum Gasteiger partial charge on any atom is 0.227 e. The molecule has 1 aliphatic rings. The van der Waals surface area contributed by atoms with Crippen LogP contribution >= 0.6 is 0 Å². The van der Waals surface area contributed by atoms with Crippen molar-refractivity contribution in [3.05, 3.63) is 59.7 Å². The number of aromatic hydroxyl groups is 1. The third-order valence-electron chi connectivity index (χ3n) is 4.77. The van der Waals surface area contributed by atoms with Gasteiger partial charge in [-0.2, -0.15) is 0 Å². The van der Waals surface area contributed by atoms with E-state index in [0.717, 1.165) is 5.56 Å². The van der Waals surface area contributed by atoms with Gasteiger partial charge in [-0.3, -0.25) is 9.59 Å². The fourth-order valence-corrected chi connectivity index (χ4v) is 3.12. The first kappa shape index (κ1) is 18.0. The van der Waals surface area contributed by atoms with E-state index < -0.39 is 0 Å². The number of anilines is 1. The van der Waals surface area contributed by atoms with Gasteiger partial charge in [0.15, 0.2) is 0 Å². The fourth-order valence-electron chi connectivity index (χ4n) is 3.12. The largest absolute Gasteiger partial charge is 0.508 e. The van der Waals surface area contributed by atoms with Crippen LogP contribution in [0.3, 0.4) is 0 Å². The van der Waals surface area contributed by atoms with Crippen LogP contribution in [0.2, 0.25) is 0 Å². The van der Waals surface area contributed by atoms with Gasteiger partial charge in [0.2, 0.25) is 11.8 Å². The summed E-state index contributed by atoms with van der Waals surface area (Å²) in [5, 5.41) is 12.3. The van der Waals surface area contributed by atoms with Gasteiger partial charge in [-0.05, 0) is 41.3 Å². The maximum atomic E-state index is 12.4. The van der Waals surface area contributed by atoms with Crippen molar-refractivity contribution in [3.8, 4) is 5.75 Å². The number of amides is 2. The molecule has 1 fully saturated rings. The molecule has 0 unspecified atom stereocenters. The Labute approximate surface area is 153 Å². The van der Waals surface area contributed by atoms with Crippen molar-refractivity contribution in [1.29, 1.82) is 0 Å². The smallest absolute Gasteiger partial charge is 0.227 e. The molecule has 0 bridgehead atoms. The number of benzene rings is 2. The van der Waals surface area contributed by atoms with E-state index in [4.69, 9.17) is 0 Å². The highest BCUT2D eigenvalue weighted by atomic mass is 16.3. The number of hydrogen-bond acceptors (Lipinski definition) is 3. The molecule has 26 heavy (non-hydrogen) atoms. The van der Waals surface area contributed by atoms with Crippen molar-refractivity contribution in [2.75, 3.05) is 11.4 Å². The molecular weight excluding hydrogens is 328 g/mol. The van der Waals surface area contributed by atoms with Gasteiger partial charge in [0, 0.05) is 25.2 Å². The Balaban J connectivity index is 1.57. The first-order chi connectivity index (χ1) is 12.4. The highest BCUT2D eigenvalue weighted by Crippen LogP contribution is 2.26. The highest BCUT2D eigenvalue weighted by Gasteiger charge is 2.34. The second kappa shape index (κ2) is 7.60. The molecule has 2 N–H and O–H groups in total. The molecule has 0 aliphatic carbocycles.